The molecule has 1 atom stereocenters. The van der Waals surface area contributed by atoms with Crippen LogP contribution in [-0.2, 0) is 10.2 Å². The number of carbonyl (C=O) groups is 1. The molecule has 4 nitrogen and oxygen atoms in total. The lowest BCUT2D eigenvalue weighted by Gasteiger charge is -2.47. The highest BCUT2D eigenvalue weighted by molar-refractivity contribution is 5.69. The van der Waals surface area contributed by atoms with Gasteiger partial charge in [-0.15, -0.1) is 0 Å². The molecule has 2 fully saturated rings. The Balaban J connectivity index is 1.92. The standard InChI is InChI=1S/C20H30N2O2/c1-19(2,3)24-18(23)22-14-13-21-15-17(22)20(11-7-8-12-20)16-9-5-4-6-10-16/h4-6,9-10,17,21H,7-8,11-15H2,1-3H3. The number of nitrogens with zero attached hydrogens (tertiary/aromatic N) is 1. The third-order valence-corrected chi connectivity index (χ3v) is 5.35. The fraction of sp³-hybridized carbons (Fsp3) is 0.650. The van der Waals surface area contributed by atoms with Crippen LogP contribution in [0.25, 0.3) is 0 Å². The van der Waals surface area contributed by atoms with Crippen LogP contribution in [0.2, 0.25) is 0 Å². The molecule has 132 valence electrons. The predicted octanol–water partition coefficient (Wildman–Crippen LogP) is 3.71. The van der Waals surface area contributed by atoms with E-state index in [0.717, 1.165) is 25.9 Å². The highest BCUT2D eigenvalue weighted by atomic mass is 16.6. The van der Waals surface area contributed by atoms with Crippen LogP contribution in [0.1, 0.15) is 52.0 Å². The number of nitrogens with one attached hydrogen (secondary N) is 1. The Morgan fingerprint density at radius 1 is 1.21 bits per heavy atom. The van der Waals surface area contributed by atoms with E-state index in [9.17, 15) is 4.79 Å². The molecule has 1 aliphatic carbocycles. The van der Waals surface area contributed by atoms with Crippen molar-refractivity contribution in [2.75, 3.05) is 19.6 Å². The van der Waals surface area contributed by atoms with Gasteiger partial charge < -0.3 is 15.0 Å². The van der Waals surface area contributed by atoms with Crippen LogP contribution < -0.4 is 5.32 Å². The molecular formula is C20H30N2O2. The van der Waals surface area contributed by atoms with Crippen molar-refractivity contribution in [3.63, 3.8) is 0 Å². The molecule has 0 radical (unpaired) electrons. The van der Waals surface area contributed by atoms with Gasteiger partial charge in [0.2, 0.25) is 0 Å². The minimum atomic E-state index is -0.456. The zero-order valence-electron chi connectivity index (χ0n) is 15.2. The summed E-state index contributed by atoms with van der Waals surface area (Å²) in [5, 5.41) is 3.50. The van der Waals surface area contributed by atoms with E-state index in [2.05, 4.69) is 35.6 Å². The van der Waals surface area contributed by atoms with Crippen molar-refractivity contribution < 1.29 is 9.53 Å². The van der Waals surface area contributed by atoms with E-state index in [1.54, 1.807) is 0 Å². The topological polar surface area (TPSA) is 41.6 Å². The van der Waals surface area contributed by atoms with Gasteiger partial charge in [0.15, 0.2) is 0 Å². The van der Waals surface area contributed by atoms with Gasteiger partial charge in [-0.2, -0.15) is 0 Å². The summed E-state index contributed by atoms with van der Waals surface area (Å²) in [7, 11) is 0. The molecule has 1 saturated heterocycles. The number of hydrogen-bond acceptors (Lipinski definition) is 3. The molecule has 1 aromatic rings. The lowest BCUT2D eigenvalue weighted by Crippen LogP contribution is -2.62. The quantitative estimate of drug-likeness (QED) is 0.899. The summed E-state index contributed by atoms with van der Waals surface area (Å²) in [6.45, 7) is 8.20. The van der Waals surface area contributed by atoms with E-state index in [1.165, 1.54) is 18.4 Å². The predicted molar refractivity (Wildman–Crippen MR) is 96.2 cm³/mol. The fourth-order valence-corrected chi connectivity index (χ4v) is 4.33. The lowest BCUT2D eigenvalue weighted by atomic mass is 9.71. The van der Waals surface area contributed by atoms with Gasteiger partial charge in [0.25, 0.3) is 0 Å². The van der Waals surface area contributed by atoms with Gasteiger partial charge in [-0.1, -0.05) is 43.2 Å². The number of piperazine rings is 1. The second kappa shape index (κ2) is 6.75. The summed E-state index contributed by atoms with van der Waals surface area (Å²) < 4.78 is 5.71. The first-order valence-electron chi connectivity index (χ1n) is 9.18. The Labute approximate surface area is 145 Å². The van der Waals surface area contributed by atoms with Crippen LogP contribution >= 0.6 is 0 Å². The van der Waals surface area contributed by atoms with Crippen molar-refractivity contribution in [1.82, 2.24) is 10.2 Å². The van der Waals surface area contributed by atoms with Crippen LogP contribution in [0, 0.1) is 0 Å². The summed E-state index contributed by atoms with van der Waals surface area (Å²) in [5.74, 6) is 0. The lowest BCUT2D eigenvalue weighted by molar-refractivity contribution is 0.000406. The van der Waals surface area contributed by atoms with E-state index in [1.807, 2.05) is 25.7 Å². The SMILES string of the molecule is CC(C)(C)OC(=O)N1CCNCC1C1(c2ccccc2)CCCC1. The Kier molecular flexibility index (Phi) is 4.86. The third-order valence-electron chi connectivity index (χ3n) is 5.35. The monoisotopic (exact) mass is 330 g/mol. The van der Waals surface area contributed by atoms with Crippen molar-refractivity contribution in [1.29, 1.82) is 0 Å². The second-order valence-electron chi connectivity index (χ2n) is 8.12. The molecule has 1 aliphatic heterocycles. The van der Waals surface area contributed by atoms with Crippen LogP contribution in [-0.4, -0.2) is 42.3 Å². The number of hydrogen-bond donors (Lipinski definition) is 1. The second-order valence-corrected chi connectivity index (χ2v) is 8.12. The summed E-state index contributed by atoms with van der Waals surface area (Å²) in [5.41, 5.74) is 0.956. The minimum Gasteiger partial charge on any atom is -0.444 e. The molecule has 1 amide bonds. The average molecular weight is 330 g/mol. The van der Waals surface area contributed by atoms with Crippen LogP contribution in [0.4, 0.5) is 4.79 Å². The normalized spacial score (nSPS) is 24.0. The van der Waals surface area contributed by atoms with Gasteiger partial charge in [0.05, 0.1) is 6.04 Å². The number of carbonyl (C=O) groups excluding carboxylic acids is 1. The minimum absolute atomic E-state index is 0.0472. The molecule has 1 N–H and O–H groups in total. The van der Waals surface area contributed by atoms with Crippen LogP contribution in [0.15, 0.2) is 30.3 Å². The molecule has 0 bridgehead atoms. The molecule has 0 spiro atoms. The summed E-state index contributed by atoms with van der Waals surface area (Å²) in [4.78, 5) is 14.8. The van der Waals surface area contributed by atoms with Crippen LogP contribution in [0.3, 0.4) is 0 Å². The molecule has 0 aromatic heterocycles. The molecule has 4 heteroatoms. The third kappa shape index (κ3) is 3.44. The largest absolute Gasteiger partial charge is 0.444 e. The van der Waals surface area contributed by atoms with E-state index in [0.29, 0.717) is 6.54 Å². The maximum Gasteiger partial charge on any atom is 0.410 e. The zero-order chi connectivity index (χ0) is 17.2. The van der Waals surface area contributed by atoms with Crippen molar-refractivity contribution >= 4 is 6.09 Å². The molecule has 2 aliphatic rings. The molecule has 1 heterocycles. The Morgan fingerprint density at radius 3 is 2.50 bits per heavy atom. The van der Waals surface area contributed by atoms with E-state index in [4.69, 9.17) is 4.74 Å². The summed E-state index contributed by atoms with van der Waals surface area (Å²) >= 11 is 0. The van der Waals surface area contributed by atoms with Gasteiger partial charge in [0.1, 0.15) is 5.60 Å². The number of amides is 1. The van der Waals surface area contributed by atoms with E-state index < -0.39 is 5.60 Å². The maximum absolute atomic E-state index is 12.8. The van der Waals surface area contributed by atoms with Crippen LogP contribution in [0.5, 0.6) is 0 Å². The molecule has 3 rings (SSSR count). The van der Waals surface area contributed by atoms with Crippen molar-refractivity contribution in [3.8, 4) is 0 Å². The van der Waals surface area contributed by atoms with Gasteiger partial charge in [-0.25, -0.2) is 4.79 Å². The first-order chi connectivity index (χ1) is 11.4. The highest BCUT2D eigenvalue weighted by Gasteiger charge is 2.48. The van der Waals surface area contributed by atoms with E-state index in [-0.39, 0.29) is 17.6 Å². The Bertz CT molecular complexity index is 559. The van der Waals surface area contributed by atoms with Gasteiger partial charge >= 0.3 is 6.09 Å². The van der Waals surface area contributed by atoms with Gasteiger partial charge in [-0.3, -0.25) is 0 Å². The maximum atomic E-state index is 12.8. The smallest absolute Gasteiger partial charge is 0.410 e. The fourth-order valence-electron chi connectivity index (χ4n) is 4.33. The molecule has 24 heavy (non-hydrogen) atoms. The average Bonchev–Trinajstić information content (AvgIpc) is 3.05. The van der Waals surface area contributed by atoms with Crippen molar-refractivity contribution in [2.24, 2.45) is 0 Å². The zero-order valence-corrected chi connectivity index (χ0v) is 15.2. The van der Waals surface area contributed by atoms with Gasteiger partial charge in [0, 0.05) is 25.0 Å². The molecule has 1 unspecified atom stereocenters. The summed E-state index contributed by atoms with van der Waals surface area (Å²) in [6, 6.07) is 10.9. The van der Waals surface area contributed by atoms with E-state index >= 15 is 0 Å². The number of benzene rings is 1. The molecule has 1 aromatic carbocycles. The Morgan fingerprint density at radius 2 is 1.88 bits per heavy atom. The Hall–Kier alpha value is -1.55. The first-order valence-corrected chi connectivity index (χ1v) is 9.18. The van der Waals surface area contributed by atoms with Gasteiger partial charge in [-0.05, 0) is 39.2 Å². The first kappa shape index (κ1) is 17.3. The number of rotatable bonds is 2. The highest BCUT2D eigenvalue weighted by Crippen LogP contribution is 2.46. The molecule has 1 saturated carbocycles. The summed E-state index contributed by atoms with van der Waals surface area (Å²) in [6.07, 6.45) is 4.57. The van der Waals surface area contributed by atoms with Crippen molar-refractivity contribution in [3.05, 3.63) is 35.9 Å². The number of ether oxygens (including phenoxy) is 1. The van der Waals surface area contributed by atoms with Crippen molar-refractivity contribution in [2.45, 2.75) is 63.5 Å². The molecular weight excluding hydrogens is 300 g/mol.